The Morgan fingerprint density at radius 2 is 2.12 bits per heavy atom. The number of aliphatic imine (C=N–C) groups is 1. The van der Waals surface area contributed by atoms with E-state index in [1.54, 1.807) is 11.3 Å². The fraction of sp³-hybridized carbons (Fsp3) is 0.368. The predicted octanol–water partition coefficient (Wildman–Crippen LogP) is 3.18. The summed E-state index contributed by atoms with van der Waals surface area (Å²) in [5, 5.41) is 8.94. The van der Waals surface area contributed by atoms with E-state index in [1.807, 2.05) is 18.6 Å². The van der Waals surface area contributed by atoms with Crippen LogP contribution in [0.1, 0.15) is 30.5 Å². The molecule has 1 saturated carbocycles. The van der Waals surface area contributed by atoms with Gasteiger partial charge >= 0.3 is 0 Å². The van der Waals surface area contributed by atoms with Gasteiger partial charge in [-0.05, 0) is 18.4 Å². The molecule has 4 rings (SSSR count). The Morgan fingerprint density at radius 1 is 1.28 bits per heavy atom. The molecule has 0 radical (unpaired) electrons. The lowest BCUT2D eigenvalue weighted by atomic mass is 9.64. The molecule has 25 heavy (non-hydrogen) atoms. The summed E-state index contributed by atoms with van der Waals surface area (Å²) in [5.41, 5.74) is 2.70. The summed E-state index contributed by atoms with van der Waals surface area (Å²) in [6.45, 7) is 1.58. The van der Waals surface area contributed by atoms with E-state index in [2.05, 4.69) is 61.5 Å². The highest BCUT2D eigenvalue weighted by Crippen LogP contribution is 2.43. The van der Waals surface area contributed by atoms with Crippen LogP contribution in [-0.4, -0.2) is 28.9 Å². The molecule has 0 amide bonds. The summed E-state index contributed by atoms with van der Waals surface area (Å²) in [6.07, 6.45) is 7.86. The maximum Gasteiger partial charge on any atom is 0.193 e. The standard InChI is InChI=1S/C19H23N5S/c1-20-17(21-12-16-13-24-10-11-25-18(24)23-16)22-14-19(8-5-9-19)15-6-3-2-4-7-15/h2-4,6-7,10-11,13H,5,8-9,12,14H2,1H3,(H2,20,21,22). The maximum atomic E-state index is 4.60. The summed E-state index contributed by atoms with van der Waals surface area (Å²) in [6, 6.07) is 10.8. The largest absolute Gasteiger partial charge is 0.356 e. The molecule has 2 N–H and O–H groups in total. The number of nitrogens with one attached hydrogen (secondary N) is 2. The average molecular weight is 353 g/mol. The van der Waals surface area contributed by atoms with Gasteiger partial charge in [0.05, 0.1) is 12.2 Å². The van der Waals surface area contributed by atoms with Crippen LogP contribution in [-0.2, 0) is 12.0 Å². The van der Waals surface area contributed by atoms with Gasteiger partial charge in [0.2, 0.25) is 0 Å². The van der Waals surface area contributed by atoms with E-state index in [9.17, 15) is 0 Å². The smallest absolute Gasteiger partial charge is 0.193 e. The number of thiazole rings is 1. The molecule has 1 aliphatic rings. The van der Waals surface area contributed by atoms with Crippen molar-refractivity contribution >= 4 is 22.3 Å². The molecule has 1 fully saturated rings. The van der Waals surface area contributed by atoms with Crippen molar-refractivity contribution in [1.82, 2.24) is 20.0 Å². The van der Waals surface area contributed by atoms with E-state index in [0.29, 0.717) is 6.54 Å². The second-order valence-electron chi connectivity index (χ2n) is 6.60. The van der Waals surface area contributed by atoms with Crippen LogP contribution < -0.4 is 10.6 Å². The van der Waals surface area contributed by atoms with Crippen LogP contribution >= 0.6 is 11.3 Å². The molecule has 0 saturated heterocycles. The lowest BCUT2D eigenvalue weighted by molar-refractivity contribution is 0.244. The van der Waals surface area contributed by atoms with E-state index in [4.69, 9.17) is 0 Å². The Bertz CT molecular complexity index is 832. The number of hydrogen-bond donors (Lipinski definition) is 2. The van der Waals surface area contributed by atoms with Crippen molar-refractivity contribution in [2.45, 2.75) is 31.2 Å². The van der Waals surface area contributed by atoms with Crippen molar-refractivity contribution in [1.29, 1.82) is 0 Å². The third kappa shape index (κ3) is 3.26. The van der Waals surface area contributed by atoms with Crippen molar-refractivity contribution in [3.8, 4) is 0 Å². The number of guanidine groups is 1. The predicted molar refractivity (Wildman–Crippen MR) is 103 cm³/mol. The first-order valence-electron chi connectivity index (χ1n) is 8.70. The molecule has 2 heterocycles. The molecule has 1 aromatic carbocycles. The minimum Gasteiger partial charge on any atom is -0.356 e. The quantitative estimate of drug-likeness (QED) is 0.547. The van der Waals surface area contributed by atoms with E-state index in [-0.39, 0.29) is 5.41 Å². The number of benzene rings is 1. The van der Waals surface area contributed by atoms with Crippen molar-refractivity contribution in [3.63, 3.8) is 0 Å². The fourth-order valence-electron chi connectivity index (χ4n) is 3.47. The molecular weight excluding hydrogens is 330 g/mol. The zero-order valence-corrected chi connectivity index (χ0v) is 15.2. The van der Waals surface area contributed by atoms with Crippen LogP contribution in [0.3, 0.4) is 0 Å². The van der Waals surface area contributed by atoms with Gasteiger partial charge in [-0.2, -0.15) is 0 Å². The summed E-state index contributed by atoms with van der Waals surface area (Å²) in [5.74, 6) is 0.832. The molecule has 5 nitrogen and oxygen atoms in total. The van der Waals surface area contributed by atoms with Gasteiger partial charge in [-0.3, -0.25) is 9.39 Å². The lowest BCUT2D eigenvalue weighted by Gasteiger charge is -2.43. The number of fused-ring (bicyclic) bond motifs is 1. The van der Waals surface area contributed by atoms with Crippen molar-refractivity contribution in [2.75, 3.05) is 13.6 Å². The Morgan fingerprint density at radius 3 is 2.80 bits per heavy atom. The molecule has 0 spiro atoms. The van der Waals surface area contributed by atoms with E-state index >= 15 is 0 Å². The van der Waals surface area contributed by atoms with Gasteiger partial charge in [-0.1, -0.05) is 36.8 Å². The zero-order chi connectivity index (χ0) is 17.1. The molecule has 0 bridgehead atoms. The summed E-state index contributed by atoms with van der Waals surface area (Å²) < 4.78 is 2.05. The Kier molecular flexibility index (Phi) is 4.44. The Balaban J connectivity index is 1.36. The van der Waals surface area contributed by atoms with Crippen molar-refractivity contribution in [3.05, 3.63) is 59.4 Å². The molecule has 1 aliphatic carbocycles. The van der Waals surface area contributed by atoms with Gasteiger partial charge in [0.15, 0.2) is 10.9 Å². The average Bonchev–Trinajstić information content (AvgIpc) is 3.19. The first kappa shape index (κ1) is 16.1. The van der Waals surface area contributed by atoms with Gasteiger partial charge in [-0.25, -0.2) is 4.98 Å². The molecule has 6 heteroatoms. The highest BCUT2D eigenvalue weighted by molar-refractivity contribution is 7.15. The normalized spacial score (nSPS) is 16.6. The van der Waals surface area contributed by atoms with Crippen LogP contribution in [0.15, 0.2) is 53.1 Å². The minimum atomic E-state index is 0.246. The molecule has 0 unspecified atom stereocenters. The Labute approximate surface area is 151 Å². The van der Waals surface area contributed by atoms with Crippen LogP contribution in [0.25, 0.3) is 4.96 Å². The van der Waals surface area contributed by atoms with Gasteiger partial charge in [0.1, 0.15) is 0 Å². The SMILES string of the molecule is CN=C(NCc1cn2ccsc2n1)NCC1(c2ccccc2)CCC1. The number of aromatic nitrogens is 2. The minimum absolute atomic E-state index is 0.246. The Hall–Kier alpha value is -2.34. The monoisotopic (exact) mass is 353 g/mol. The number of rotatable bonds is 5. The third-order valence-electron chi connectivity index (χ3n) is 5.09. The zero-order valence-electron chi connectivity index (χ0n) is 14.4. The summed E-state index contributed by atoms with van der Waals surface area (Å²) >= 11 is 1.65. The highest BCUT2D eigenvalue weighted by atomic mass is 32.1. The maximum absolute atomic E-state index is 4.60. The van der Waals surface area contributed by atoms with Gasteiger partial charge in [0, 0.05) is 36.8 Å². The van der Waals surface area contributed by atoms with E-state index in [1.165, 1.54) is 24.8 Å². The second-order valence-corrected chi connectivity index (χ2v) is 7.48. The topological polar surface area (TPSA) is 53.7 Å². The molecule has 3 aromatic rings. The lowest BCUT2D eigenvalue weighted by Crippen LogP contribution is -2.48. The first-order valence-corrected chi connectivity index (χ1v) is 9.58. The summed E-state index contributed by atoms with van der Waals surface area (Å²) in [4.78, 5) is 9.99. The van der Waals surface area contributed by atoms with Gasteiger partial charge in [-0.15, -0.1) is 11.3 Å². The van der Waals surface area contributed by atoms with Crippen LogP contribution in [0.4, 0.5) is 0 Å². The van der Waals surface area contributed by atoms with E-state index in [0.717, 1.165) is 23.2 Å². The first-order chi connectivity index (χ1) is 12.3. The summed E-state index contributed by atoms with van der Waals surface area (Å²) in [7, 11) is 1.82. The fourth-order valence-corrected chi connectivity index (χ4v) is 4.19. The molecule has 130 valence electrons. The highest BCUT2D eigenvalue weighted by Gasteiger charge is 2.38. The molecule has 0 aliphatic heterocycles. The van der Waals surface area contributed by atoms with Crippen molar-refractivity contribution in [2.24, 2.45) is 4.99 Å². The molecule has 0 atom stereocenters. The number of nitrogens with zero attached hydrogens (tertiary/aromatic N) is 3. The van der Waals surface area contributed by atoms with Crippen molar-refractivity contribution < 1.29 is 0 Å². The molecular formula is C19H23N5S. The van der Waals surface area contributed by atoms with Gasteiger partial charge < -0.3 is 10.6 Å². The van der Waals surface area contributed by atoms with Crippen LogP contribution in [0.5, 0.6) is 0 Å². The van der Waals surface area contributed by atoms with Gasteiger partial charge in [0.25, 0.3) is 0 Å². The second kappa shape index (κ2) is 6.88. The number of hydrogen-bond acceptors (Lipinski definition) is 3. The van der Waals surface area contributed by atoms with Crippen LogP contribution in [0.2, 0.25) is 0 Å². The van der Waals surface area contributed by atoms with E-state index < -0.39 is 0 Å². The molecule has 2 aromatic heterocycles. The van der Waals surface area contributed by atoms with Crippen LogP contribution in [0, 0.1) is 0 Å². The third-order valence-corrected chi connectivity index (χ3v) is 5.87. The number of imidazole rings is 1.